The van der Waals surface area contributed by atoms with Gasteiger partial charge in [-0.05, 0) is 12.8 Å². The van der Waals surface area contributed by atoms with Crippen LogP contribution in [0.3, 0.4) is 0 Å². The molecule has 0 fully saturated rings. The summed E-state index contributed by atoms with van der Waals surface area (Å²) in [4.78, 5) is 11.2. The minimum Gasteiger partial charge on any atom is -0.433 e. The summed E-state index contributed by atoms with van der Waals surface area (Å²) in [5, 5.41) is 0. The first-order valence-electron chi connectivity index (χ1n) is 7.69. The Morgan fingerprint density at radius 2 is 1.68 bits per heavy atom. The molecular weight excluding hydrogens is 240 g/mol. The molecule has 0 aromatic rings. The molecule has 0 radical (unpaired) electrons. The van der Waals surface area contributed by atoms with Crippen molar-refractivity contribution in [1.29, 1.82) is 0 Å². The maximum Gasteiger partial charge on any atom is 0.332 e. The van der Waals surface area contributed by atoms with Crippen LogP contribution in [0.2, 0.25) is 0 Å². The van der Waals surface area contributed by atoms with E-state index in [0.717, 1.165) is 32.1 Å². The maximum atomic E-state index is 11.2. The van der Waals surface area contributed by atoms with Gasteiger partial charge in [0.25, 0.3) is 0 Å². The van der Waals surface area contributed by atoms with Crippen LogP contribution in [0.5, 0.6) is 0 Å². The predicted molar refractivity (Wildman–Crippen MR) is 78.9 cm³/mol. The number of esters is 1. The van der Waals surface area contributed by atoms with E-state index < -0.39 is 12.3 Å². The highest BCUT2D eigenvalue weighted by Gasteiger charge is 2.12. The molecule has 112 valence electrons. The van der Waals surface area contributed by atoms with Crippen molar-refractivity contribution in [3.05, 3.63) is 12.7 Å². The lowest BCUT2D eigenvalue weighted by Gasteiger charge is -2.17. The van der Waals surface area contributed by atoms with Crippen LogP contribution in [-0.4, -0.2) is 18.9 Å². The number of ether oxygens (including phenoxy) is 2. The lowest BCUT2D eigenvalue weighted by atomic mass is 10.1. The quantitative estimate of drug-likeness (QED) is 0.212. The molecule has 0 amide bonds. The minimum absolute atomic E-state index is 0.394. The molecule has 0 aromatic heterocycles. The summed E-state index contributed by atoms with van der Waals surface area (Å²) in [5.41, 5.74) is 0. The van der Waals surface area contributed by atoms with Gasteiger partial charge in [-0.3, -0.25) is 0 Å². The largest absolute Gasteiger partial charge is 0.433 e. The monoisotopic (exact) mass is 270 g/mol. The van der Waals surface area contributed by atoms with Gasteiger partial charge in [-0.2, -0.15) is 0 Å². The second-order valence-electron chi connectivity index (χ2n) is 4.85. The van der Waals surface area contributed by atoms with E-state index in [-0.39, 0.29) is 0 Å². The molecule has 3 nitrogen and oxygen atoms in total. The van der Waals surface area contributed by atoms with E-state index in [1.807, 2.05) is 0 Å². The molecular formula is C16H30O3. The molecule has 0 rings (SSSR count). The predicted octanol–water partition coefficient (Wildman–Crippen LogP) is 4.61. The molecule has 1 unspecified atom stereocenters. The fourth-order valence-corrected chi connectivity index (χ4v) is 1.84. The first-order valence-corrected chi connectivity index (χ1v) is 7.69. The van der Waals surface area contributed by atoms with E-state index >= 15 is 0 Å². The molecule has 0 saturated heterocycles. The molecule has 0 aliphatic heterocycles. The summed E-state index contributed by atoms with van der Waals surface area (Å²) in [7, 11) is 0. The maximum absolute atomic E-state index is 11.2. The van der Waals surface area contributed by atoms with Crippen molar-refractivity contribution < 1.29 is 14.3 Å². The number of hydrogen-bond acceptors (Lipinski definition) is 3. The zero-order valence-corrected chi connectivity index (χ0v) is 12.7. The van der Waals surface area contributed by atoms with Crippen LogP contribution in [0.4, 0.5) is 0 Å². The molecule has 0 aromatic carbocycles. The lowest BCUT2D eigenvalue weighted by molar-refractivity contribution is -0.174. The van der Waals surface area contributed by atoms with Gasteiger partial charge >= 0.3 is 5.97 Å². The van der Waals surface area contributed by atoms with Crippen LogP contribution in [0, 0.1) is 0 Å². The zero-order valence-electron chi connectivity index (χ0n) is 12.7. The summed E-state index contributed by atoms with van der Waals surface area (Å²) < 4.78 is 10.8. The summed E-state index contributed by atoms with van der Waals surface area (Å²) in [6.07, 6.45) is 10.9. The first-order chi connectivity index (χ1) is 9.24. The smallest absolute Gasteiger partial charge is 0.332 e. The average Bonchev–Trinajstić information content (AvgIpc) is 2.42. The topological polar surface area (TPSA) is 35.5 Å². The Bertz CT molecular complexity index is 226. The standard InChI is InChI=1S/C16H30O3/c1-4-7-9-10-11-13-16(19-15(17)6-3)18-14-12-8-5-2/h6,16H,3-5,7-14H2,1-2H3. The van der Waals surface area contributed by atoms with Gasteiger partial charge in [0.1, 0.15) is 0 Å². The zero-order chi connectivity index (χ0) is 14.3. The summed E-state index contributed by atoms with van der Waals surface area (Å²) in [5.74, 6) is -0.394. The van der Waals surface area contributed by atoms with Gasteiger partial charge in [0.2, 0.25) is 6.29 Å². The molecule has 3 heteroatoms. The lowest BCUT2D eigenvalue weighted by Crippen LogP contribution is -2.21. The van der Waals surface area contributed by atoms with Gasteiger partial charge < -0.3 is 9.47 Å². The second kappa shape index (κ2) is 13.6. The number of unbranched alkanes of at least 4 members (excludes halogenated alkanes) is 6. The van der Waals surface area contributed by atoms with E-state index in [2.05, 4.69) is 20.4 Å². The van der Waals surface area contributed by atoms with E-state index in [0.29, 0.717) is 6.61 Å². The van der Waals surface area contributed by atoms with Crippen molar-refractivity contribution in [3.63, 3.8) is 0 Å². The fourth-order valence-electron chi connectivity index (χ4n) is 1.84. The normalized spacial score (nSPS) is 12.1. The van der Waals surface area contributed by atoms with Crippen molar-refractivity contribution in [1.82, 2.24) is 0 Å². The molecule has 0 heterocycles. The van der Waals surface area contributed by atoms with Gasteiger partial charge in [-0.25, -0.2) is 4.79 Å². The SMILES string of the molecule is C=CC(=O)OC(CCCCCCC)OCCCCC. The molecule has 0 aliphatic rings. The van der Waals surface area contributed by atoms with Crippen molar-refractivity contribution >= 4 is 5.97 Å². The van der Waals surface area contributed by atoms with Gasteiger partial charge in [0, 0.05) is 12.5 Å². The third kappa shape index (κ3) is 12.0. The molecule has 0 bridgehead atoms. The average molecular weight is 270 g/mol. The Morgan fingerprint density at radius 3 is 2.32 bits per heavy atom. The van der Waals surface area contributed by atoms with Gasteiger partial charge in [-0.15, -0.1) is 0 Å². The van der Waals surface area contributed by atoms with Crippen LogP contribution in [-0.2, 0) is 14.3 Å². The molecule has 0 N–H and O–H groups in total. The van der Waals surface area contributed by atoms with Gasteiger partial charge in [0.15, 0.2) is 0 Å². The van der Waals surface area contributed by atoms with Crippen molar-refractivity contribution in [3.8, 4) is 0 Å². The highest BCUT2D eigenvalue weighted by molar-refractivity contribution is 5.81. The van der Waals surface area contributed by atoms with Crippen molar-refractivity contribution in [2.75, 3.05) is 6.61 Å². The Kier molecular flexibility index (Phi) is 13.0. The summed E-state index contributed by atoms with van der Waals surface area (Å²) in [6, 6.07) is 0. The third-order valence-electron chi connectivity index (χ3n) is 3.01. The highest BCUT2D eigenvalue weighted by Crippen LogP contribution is 2.12. The van der Waals surface area contributed by atoms with Crippen LogP contribution in [0.1, 0.15) is 71.6 Å². The number of carbonyl (C=O) groups excluding carboxylic acids is 1. The van der Waals surface area contributed by atoms with Crippen LogP contribution in [0.15, 0.2) is 12.7 Å². The highest BCUT2D eigenvalue weighted by atomic mass is 16.7. The van der Waals surface area contributed by atoms with E-state index in [4.69, 9.17) is 9.47 Å². The van der Waals surface area contributed by atoms with Crippen LogP contribution < -0.4 is 0 Å². The Labute approximate surface area is 118 Å². The van der Waals surface area contributed by atoms with E-state index in [1.54, 1.807) is 0 Å². The summed E-state index contributed by atoms with van der Waals surface area (Å²) in [6.45, 7) is 8.43. The summed E-state index contributed by atoms with van der Waals surface area (Å²) >= 11 is 0. The van der Waals surface area contributed by atoms with E-state index in [1.165, 1.54) is 31.8 Å². The fraction of sp³-hybridized carbons (Fsp3) is 0.812. The Morgan fingerprint density at radius 1 is 1.05 bits per heavy atom. The minimum atomic E-state index is -0.399. The molecule has 0 aliphatic carbocycles. The molecule has 1 atom stereocenters. The number of rotatable bonds is 13. The Balaban J connectivity index is 3.82. The molecule has 0 spiro atoms. The van der Waals surface area contributed by atoms with Gasteiger partial charge in [0.05, 0.1) is 6.61 Å². The molecule has 0 saturated carbocycles. The first kappa shape index (κ1) is 18.2. The number of hydrogen-bond donors (Lipinski definition) is 0. The van der Waals surface area contributed by atoms with E-state index in [9.17, 15) is 4.79 Å². The molecule has 19 heavy (non-hydrogen) atoms. The Hall–Kier alpha value is -0.830. The van der Waals surface area contributed by atoms with Crippen LogP contribution >= 0.6 is 0 Å². The van der Waals surface area contributed by atoms with Crippen LogP contribution in [0.25, 0.3) is 0 Å². The second-order valence-corrected chi connectivity index (χ2v) is 4.85. The third-order valence-corrected chi connectivity index (χ3v) is 3.01. The van der Waals surface area contributed by atoms with Crippen molar-refractivity contribution in [2.45, 2.75) is 77.9 Å². The number of carbonyl (C=O) groups is 1. The van der Waals surface area contributed by atoms with Gasteiger partial charge in [-0.1, -0.05) is 59.0 Å². The van der Waals surface area contributed by atoms with Crippen molar-refractivity contribution in [2.24, 2.45) is 0 Å².